The number of hydrogen-bond donors (Lipinski definition) is 3. The minimum Gasteiger partial charge on any atom is -0.478 e. The SMILES string of the molecule is C[C@@H](F)c1nc(N)nc(N[C@H]2c3cc(C(=O)O)ccc3C[C@@H]2C)n1. The first-order chi connectivity index (χ1) is 11.3. The van der Waals surface area contributed by atoms with Crippen LogP contribution in [0.4, 0.5) is 16.3 Å². The van der Waals surface area contributed by atoms with Gasteiger partial charge in [0.1, 0.15) is 0 Å². The summed E-state index contributed by atoms with van der Waals surface area (Å²) in [4.78, 5) is 23.0. The number of anilines is 2. The van der Waals surface area contributed by atoms with Gasteiger partial charge in [-0.05, 0) is 42.5 Å². The second kappa shape index (κ2) is 6.03. The van der Waals surface area contributed by atoms with E-state index in [0.717, 1.165) is 17.5 Å². The molecule has 1 aliphatic carbocycles. The molecule has 24 heavy (non-hydrogen) atoms. The van der Waals surface area contributed by atoms with Crippen LogP contribution in [0.25, 0.3) is 0 Å². The van der Waals surface area contributed by atoms with Gasteiger partial charge in [-0.1, -0.05) is 13.0 Å². The molecular formula is C16H18FN5O2. The Morgan fingerprint density at radius 2 is 2.17 bits per heavy atom. The third kappa shape index (κ3) is 2.99. The molecule has 0 bridgehead atoms. The van der Waals surface area contributed by atoms with E-state index in [2.05, 4.69) is 20.3 Å². The van der Waals surface area contributed by atoms with Crippen molar-refractivity contribution in [1.82, 2.24) is 15.0 Å². The number of benzene rings is 1. The number of nitrogens with zero attached hydrogens (tertiary/aromatic N) is 3. The van der Waals surface area contributed by atoms with Gasteiger partial charge in [0, 0.05) is 0 Å². The highest BCUT2D eigenvalue weighted by Gasteiger charge is 2.31. The standard InChI is InChI=1S/C16H18FN5O2/c1-7-5-9-3-4-10(14(23)24)6-11(9)12(7)19-16-21-13(8(2)17)20-15(18)22-16/h3-4,6-8,12H,5H2,1-2H3,(H,23,24)(H3,18,19,20,21,22)/t7-,8+,12+/m0/s1. The summed E-state index contributed by atoms with van der Waals surface area (Å²) in [6, 6.07) is 4.90. The van der Waals surface area contributed by atoms with Crippen LogP contribution < -0.4 is 11.1 Å². The number of rotatable bonds is 4. The van der Waals surface area contributed by atoms with E-state index in [1.54, 1.807) is 12.1 Å². The molecule has 3 atom stereocenters. The number of alkyl halides is 1. The maximum Gasteiger partial charge on any atom is 0.335 e. The molecule has 0 radical (unpaired) electrons. The van der Waals surface area contributed by atoms with Crippen LogP contribution in [0.1, 0.15) is 53.4 Å². The summed E-state index contributed by atoms with van der Waals surface area (Å²) in [6.07, 6.45) is -0.553. The van der Waals surface area contributed by atoms with Gasteiger partial charge >= 0.3 is 5.97 Å². The third-order valence-electron chi connectivity index (χ3n) is 4.15. The van der Waals surface area contributed by atoms with Crippen LogP contribution in [0.15, 0.2) is 18.2 Å². The lowest BCUT2D eigenvalue weighted by molar-refractivity contribution is 0.0696. The highest BCUT2D eigenvalue weighted by Crippen LogP contribution is 2.38. The van der Waals surface area contributed by atoms with E-state index in [0.29, 0.717) is 0 Å². The molecule has 7 nitrogen and oxygen atoms in total. The number of carbonyl (C=O) groups is 1. The lowest BCUT2D eigenvalue weighted by Gasteiger charge is -2.19. The van der Waals surface area contributed by atoms with Gasteiger partial charge in [0.15, 0.2) is 12.0 Å². The second-order valence-electron chi connectivity index (χ2n) is 6.01. The summed E-state index contributed by atoms with van der Waals surface area (Å²) >= 11 is 0. The van der Waals surface area contributed by atoms with E-state index in [-0.39, 0.29) is 35.2 Å². The highest BCUT2D eigenvalue weighted by molar-refractivity contribution is 5.88. The largest absolute Gasteiger partial charge is 0.478 e. The fourth-order valence-corrected chi connectivity index (χ4v) is 2.99. The Morgan fingerprint density at radius 1 is 1.42 bits per heavy atom. The van der Waals surface area contributed by atoms with Crippen molar-refractivity contribution >= 4 is 17.9 Å². The van der Waals surface area contributed by atoms with Crippen LogP contribution in [-0.2, 0) is 6.42 Å². The summed E-state index contributed by atoms with van der Waals surface area (Å²) in [5.74, 6) is -0.679. The highest BCUT2D eigenvalue weighted by atomic mass is 19.1. The molecule has 126 valence electrons. The zero-order valence-electron chi connectivity index (χ0n) is 13.3. The molecule has 0 aliphatic heterocycles. The molecule has 2 aromatic rings. The monoisotopic (exact) mass is 331 g/mol. The quantitative estimate of drug-likeness (QED) is 0.788. The normalized spacial score (nSPS) is 20.5. The molecule has 0 amide bonds. The Kier molecular flexibility index (Phi) is 4.04. The average Bonchev–Trinajstić information content (AvgIpc) is 2.82. The number of nitrogen functional groups attached to an aromatic ring is 1. The number of aromatic nitrogens is 3. The first-order valence-electron chi connectivity index (χ1n) is 7.63. The predicted molar refractivity (Wildman–Crippen MR) is 86.4 cm³/mol. The van der Waals surface area contributed by atoms with E-state index in [1.807, 2.05) is 13.0 Å². The van der Waals surface area contributed by atoms with Crippen LogP contribution in [0, 0.1) is 5.92 Å². The fourth-order valence-electron chi connectivity index (χ4n) is 2.99. The van der Waals surface area contributed by atoms with E-state index in [4.69, 9.17) is 5.73 Å². The van der Waals surface area contributed by atoms with Gasteiger partial charge in [-0.3, -0.25) is 0 Å². The molecule has 3 rings (SSSR count). The zero-order chi connectivity index (χ0) is 17.4. The lowest BCUT2D eigenvalue weighted by atomic mass is 10.0. The van der Waals surface area contributed by atoms with Gasteiger partial charge in [0.25, 0.3) is 0 Å². The number of fused-ring (bicyclic) bond motifs is 1. The van der Waals surface area contributed by atoms with Gasteiger partial charge in [0.05, 0.1) is 11.6 Å². The van der Waals surface area contributed by atoms with Crippen molar-refractivity contribution in [2.75, 3.05) is 11.1 Å². The Bertz CT molecular complexity index is 796. The predicted octanol–water partition coefficient (Wildman–Crippen LogP) is 2.53. The summed E-state index contributed by atoms with van der Waals surface area (Å²) in [5.41, 5.74) is 7.80. The first-order valence-corrected chi connectivity index (χ1v) is 7.63. The molecule has 0 saturated carbocycles. The smallest absolute Gasteiger partial charge is 0.335 e. The molecule has 0 spiro atoms. The summed E-state index contributed by atoms with van der Waals surface area (Å²) in [6.45, 7) is 3.37. The minimum absolute atomic E-state index is 0.0323. The summed E-state index contributed by atoms with van der Waals surface area (Å²) in [5, 5.41) is 12.3. The molecule has 4 N–H and O–H groups in total. The Balaban J connectivity index is 1.94. The Morgan fingerprint density at radius 3 is 2.83 bits per heavy atom. The molecule has 0 saturated heterocycles. The van der Waals surface area contributed by atoms with Crippen molar-refractivity contribution in [3.8, 4) is 0 Å². The molecule has 1 aromatic carbocycles. The topological polar surface area (TPSA) is 114 Å². The molecule has 1 aliphatic rings. The van der Waals surface area contributed by atoms with Crippen molar-refractivity contribution in [1.29, 1.82) is 0 Å². The number of carboxylic acids is 1. The average molecular weight is 331 g/mol. The van der Waals surface area contributed by atoms with E-state index >= 15 is 0 Å². The summed E-state index contributed by atoms with van der Waals surface area (Å²) in [7, 11) is 0. The Hall–Kier alpha value is -2.77. The second-order valence-corrected chi connectivity index (χ2v) is 6.01. The fraction of sp³-hybridized carbons (Fsp3) is 0.375. The van der Waals surface area contributed by atoms with Crippen molar-refractivity contribution < 1.29 is 14.3 Å². The van der Waals surface area contributed by atoms with Crippen LogP contribution in [0.5, 0.6) is 0 Å². The van der Waals surface area contributed by atoms with Gasteiger partial charge < -0.3 is 16.2 Å². The molecule has 0 unspecified atom stereocenters. The van der Waals surface area contributed by atoms with Crippen LogP contribution in [-0.4, -0.2) is 26.0 Å². The van der Waals surface area contributed by atoms with E-state index in [1.165, 1.54) is 6.92 Å². The first kappa shape index (κ1) is 16.1. The van der Waals surface area contributed by atoms with Gasteiger partial charge in [-0.2, -0.15) is 15.0 Å². The number of carboxylic acid groups (broad SMARTS) is 1. The number of hydrogen-bond acceptors (Lipinski definition) is 6. The van der Waals surface area contributed by atoms with Gasteiger partial charge in [0.2, 0.25) is 11.9 Å². The van der Waals surface area contributed by atoms with Crippen molar-refractivity contribution in [3.05, 3.63) is 40.7 Å². The van der Waals surface area contributed by atoms with Gasteiger partial charge in [-0.25, -0.2) is 9.18 Å². The van der Waals surface area contributed by atoms with Gasteiger partial charge in [-0.15, -0.1) is 0 Å². The van der Waals surface area contributed by atoms with Crippen molar-refractivity contribution in [2.24, 2.45) is 5.92 Å². The van der Waals surface area contributed by atoms with Crippen LogP contribution in [0.2, 0.25) is 0 Å². The molecule has 1 heterocycles. The maximum atomic E-state index is 13.5. The summed E-state index contributed by atoms with van der Waals surface area (Å²) < 4.78 is 13.5. The van der Waals surface area contributed by atoms with Crippen LogP contribution in [0.3, 0.4) is 0 Å². The number of aromatic carboxylic acids is 1. The van der Waals surface area contributed by atoms with E-state index in [9.17, 15) is 14.3 Å². The number of nitrogens with two attached hydrogens (primary N) is 1. The third-order valence-corrected chi connectivity index (χ3v) is 4.15. The molecule has 0 fully saturated rings. The number of halogens is 1. The zero-order valence-corrected chi connectivity index (χ0v) is 13.3. The Labute approximate surface area is 138 Å². The molecular weight excluding hydrogens is 313 g/mol. The molecule has 8 heteroatoms. The molecule has 1 aromatic heterocycles. The van der Waals surface area contributed by atoms with Crippen molar-refractivity contribution in [3.63, 3.8) is 0 Å². The maximum absolute atomic E-state index is 13.5. The van der Waals surface area contributed by atoms with E-state index < -0.39 is 12.1 Å². The number of nitrogens with one attached hydrogen (secondary N) is 1. The minimum atomic E-state index is -1.36. The van der Waals surface area contributed by atoms with Crippen LogP contribution >= 0.6 is 0 Å². The van der Waals surface area contributed by atoms with Crippen molar-refractivity contribution in [2.45, 2.75) is 32.5 Å². The lowest BCUT2D eigenvalue weighted by Crippen LogP contribution is -2.18.